The molecule has 2 heterocycles. The van der Waals surface area contributed by atoms with Crippen LogP contribution >= 0.6 is 11.3 Å². The van der Waals surface area contributed by atoms with Crippen molar-refractivity contribution < 1.29 is 23.1 Å². The Hall–Kier alpha value is -3.91. The molecular weight excluding hydrogens is 455 g/mol. The van der Waals surface area contributed by atoms with Gasteiger partial charge in [0.1, 0.15) is 17.3 Å². The van der Waals surface area contributed by atoms with E-state index in [4.69, 9.17) is 9.15 Å². The number of hydrogen-bond donors (Lipinski definition) is 1. The average molecular weight is 479 g/mol. The summed E-state index contributed by atoms with van der Waals surface area (Å²) >= 11 is 1.44. The van der Waals surface area contributed by atoms with Crippen molar-refractivity contribution in [3.05, 3.63) is 106 Å². The van der Waals surface area contributed by atoms with E-state index in [2.05, 4.69) is 5.32 Å². The molecule has 0 aliphatic rings. The van der Waals surface area contributed by atoms with Crippen molar-refractivity contribution in [1.82, 2.24) is 5.32 Å². The van der Waals surface area contributed by atoms with Crippen LogP contribution in [0.3, 0.4) is 0 Å². The van der Waals surface area contributed by atoms with Crippen LogP contribution < -0.4 is 15.0 Å². The lowest BCUT2D eigenvalue weighted by Crippen LogP contribution is -2.44. The molecule has 34 heavy (non-hydrogen) atoms. The molecule has 4 rings (SSSR count). The molecule has 2 aromatic carbocycles. The first-order valence-corrected chi connectivity index (χ1v) is 11.5. The minimum absolute atomic E-state index is 0.0666. The molecule has 0 aliphatic carbocycles. The van der Waals surface area contributed by atoms with Crippen LogP contribution in [-0.4, -0.2) is 18.9 Å². The van der Waals surface area contributed by atoms with Gasteiger partial charge in [0.25, 0.3) is 5.91 Å². The third-order valence-electron chi connectivity index (χ3n) is 5.21. The predicted octanol–water partition coefficient (Wildman–Crippen LogP) is 5.12. The Balaban J connectivity index is 1.65. The summed E-state index contributed by atoms with van der Waals surface area (Å²) in [6, 6.07) is 18.8. The van der Waals surface area contributed by atoms with Gasteiger partial charge in [-0.25, -0.2) is 4.39 Å². The number of furan rings is 1. The van der Waals surface area contributed by atoms with Crippen LogP contribution in [0.2, 0.25) is 0 Å². The Bertz CT molecular complexity index is 1220. The van der Waals surface area contributed by atoms with Gasteiger partial charge in [-0.1, -0.05) is 24.3 Å². The third kappa shape index (κ3) is 5.52. The zero-order chi connectivity index (χ0) is 23.9. The SMILES string of the molecule is COc1ccc(CNC(=O)C(c2ccco2)N(C(=O)Cc2cccs2)c2cccc(F)c2)cc1. The quantitative estimate of drug-likeness (QED) is 0.362. The van der Waals surface area contributed by atoms with Crippen LogP contribution in [0.25, 0.3) is 0 Å². The maximum Gasteiger partial charge on any atom is 0.251 e. The Morgan fingerprint density at radius 2 is 1.91 bits per heavy atom. The highest BCUT2D eigenvalue weighted by atomic mass is 32.1. The molecule has 0 spiro atoms. The fraction of sp³-hybridized carbons (Fsp3) is 0.154. The van der Waals surface area contributed by atoms with E-state index >= 15 is 0 Å². The van der Waals surface area contributed by atoms with Crippen molar-refractivity contribution in [2.75, 3.05) is 12.0 Å². The molecule has 2 amide bonds. The molecule has 6 nitrogen and oxygen atoms in total. The van der Waals surface area contributed by atoms with Crippen molar-refractivity contribution in [3.63, 3.8) is 0 Å². The number of nitrogens with one attached hydrogen (secondary N) is 1. The van der Waals surface area contributed by atoms with Crippen molar-refractivity contribution in [2.24, 2.45) is 0 Å². The molecular formula is C26H23FN2O4S. The molecule has 0 radical (unpaired) electrons. The first kappa shape index (κ1) is 23.3. The van der Waals surface area contributed by atoms with Gasteiger partial charge in [-0.15, -0.1) is 11.3 Å². The standard InChI is InChI=1S/C26H23FN2O4S/c1-32-21-11-9-18(10-12-21)17-28-26(31)25(23-8-3-13-33-23)29(20-6-2-5-19(27)15-20)24(30)16-22-7-4-14-34-22/h2-15,25H,16-17H2,1H3,(H,28,31). The number of halogens is 1. The topological polar surface area (TPSA) is 71.8 Å². The molecule has 0 bridgehead atoms. The van der Waals surface area contributed by atoms with E-state index in [0.717, 1.165) is 10.4 Å². The molecule has 0 aliphatic heterocycles. The van der Waals surface area contributed by atoms with Crippen molar-refractivity contribution in [2.45, 2.75) is 19.0 Å². The first-order valence-electron chi connectivity index (χ1n) is 10.6. The zero-order valence-corrected chi connectivity index (χ0v) is 19.3. The summed E-state index contributed by atoms with van der Waals surface area (Å²) in [5.74, 6) is -0.331. The van der Waals surface area contributed by atoms with E-state index in [1.807, 2.05) is 29.6 Å². The van der Waals surface area contributed by atoms with Crippen LogP contribution in [0.15, 0.2) is 88.9 Å². The summed E-state index contributed by atoms with van der Waals surface area (Å²) in [4.78, 5) is 29.1. The minimum atomic E-state index is -1.12. The lowest BCUT2D eigenvalue weighted by molar-refractivity contribution is -0.127. The molecule has 1 N–H and O–H groups in total. The summed E-state index contributed by atoms with van der Waals surface area (Å²) in [6.07, 6.45) is 1.50. The van der Waals surface area contributed by atoms with Crippen molar-refractivity contribution in [3.8, 4) is 5.75 Å². The maximum atomic E-state index is 14.1. The summed E-state index contributed by atoms with van der Waals surface area (Å²) in [5, 5.41) is 4.75. The van der Waals surface area contributed by atoms with Crippen LogP contribution in [0, 0.1) is 5.82 Å². The maximum absolute atomic E-state index is 14.1. The average Bonchev–Trinajstić information content (AvgIpc) is 3.56. The van der Waals surface area contributed by atoms with E-state index in [-0.39, 0.29) is 30.3 Å². The van der Waals surface area contributed by atoms with Crippen LogP contribution in [-0.2, 0) is 22.6 Å². The van der Waals surface area contributed by atoms with Gasteiger partial charge in [0.15, 0.2) is 6.04 Å². The fourth-order valence-electron chi connectivity index (χ4n) is 3.56. The van der Waals surface area contributed by atoms with E-state index in [1.54, 1.807) is 37.4 Å². The van der Waals surface area contributed by atoms with Gasteiger partial charge in [-0.05, 0) is 59.5 Å². The van der Waals surface area contributed by atoms with Crippen molar-refractivity contribution >= 4 is 28.8 Å². The monoisotopic (exact) mass is 478 g/mol. The van der Waals surface area contributed by atoms with Gasteiger partial charge < -0.3 is 14.5 Å². The van der Waals surface area contributed by atoms with Gasteiger partial charge in [0.05, 0.1) is 19.8 Å². The van der Waals surface area contributed by atoms with Gasteiger partial charge in [0.2, 0.25) is 5.91 Å². The Morgan fingerprint density at radius 3 is 2.56 bits per heavy atom. The summed E-state index contributed by atoms with van der Waals surface area (Å²) in [7, 11) is 1.58. The van der Waals surface area contributed by atoms with Gasteiger partial charge >= 0.3 is 0 Å². The minimum Gasteiger partial charge on any atom is -0.497 e. The summed E-state index contributed by atoms with van der Waals surface area (Å²) in [6.45, 7) is 0.232. The fourth-order valence-corrected chi connectivity index (χ4v) is 4.26. The number of thiophene rings is 1. The van der Waals surface area contributed by atoms with Gasteiger partial charge in [0, 0.05) is 17.1 Å². The Kier molecular flexibility index (Phi) is 7.39. The lowest BCUT2D eigenvalue weighted by atomic mass is 10.1. The molecule has 4 aromatic rings. The predicted molar refractivity (Wildman–Crippen MR) is 128 cm³/mol. The number of nitrogens with zero attached hydrogens (tertiary/aromatic N) is 1. The molecule has 0 fully saturated rings. The largest absolute Gasteiger partial charge is 0.497 e. The van der Waals surface area contributed by atoms with Gasteiger partial charge in [-0.2, -0.15) is 0 Å². The van der Waals surface area contributed by atoms with Crippen LogP contribution in [0.5, 0.6) is 5.75 Å². The highest BCUT2D eigenvalue weighted by Crippen LogP contribution is 2.30. The van der Waals surface area contributed by atoms with E-state index < -0.39 is 17.8 Å². The number of amides is 2. The lowest BCUT2D eigenvalue weighted by Gasteiger charge is -2.30. The second-order valence-electron chi connectivity index (χ2n) is 7.48. The van der Waals surface area contributed by atoms with E-state index in [0.29, 0.717) is 5.75 Å². The first-order chi connectivity index (χ1) is 16.5. The van der Waals surface area contributed by atoms with Crippen molar-refractivity contribution in [1.29, 1.82) is 0 Å². The molecule has 1 atom stereocenters. The van der Waals surface area contributed by atoms with E-state index in [1.165, 1.54) is 40.7 Å². The normalized spacial score (nSPS) is 11.6. The number of carbonyl (C=O) groups is 2. The molecule has 8 heteroatoms. The third-order valence-corrected chi connectivity index (χ3v) is 6.08. The van der Waals surface area contributed by atoms with Crippen LogP contribution in [0.1, 0.15) is 22.2 Å². The zero-order valence-electron chi connectivity index (χ0n) is 18.4. The highest BCUT2D eigenvalue weighted by molar-refractivity contribution is 7.10. The number of carbonyl (C=O) groups excluding carboxylic acids is 2. The molecule has 1 unspecified atom stereocenters. The van der Waals surface area contributed by atoms with Crippen LogP contribution in [0.4, 0.5) is 10.1 Å². The molecule has 2 aromatic heterocycles. The molecule has 174 valence electrons. The number of methoxy groups -OCH3 is 1. The number of anilines is 1. The Morgan fingerprint density at radius 1 is 1.09 bits per heavy atom. The summed E-state index contributed by atoms with van der Waals surface area (Å²) < 4.78 is 24.9. The second kappa shape index (κ2) is 10.8. The number of benzene rings is 2. The summed E-state index contributed by atoms with van der Waals surface area (Å²) in [5.41, 5.74) is 1.12. The second-order valence-corrected chi connectivity index (χ2v) is 8.52. The smallest absolute Gasteiger partial charge is 0.251 e. The highest BCUT2D eigenvalue weighted by Gasteiger charge is 2.35. The number of rotatable bonds is 9. The molecule has 0 saturated carbocycles. The number of hydrogen-bond acceptors (Lipinski definition) is 5. The van der Waals surface area contributed by atoms with E-state index in [9.17, 15) is 14.0 Å². The number of ether oxygens (including phenoxy) is 1. The molecule has 0 saturated heterocycles. The Labute approximate surface area is 200 Å². The van der Waals surface area contributed by atoms with Gasteiger partial charge in [-0.3, -0.25) is 14.5 Å².